The molecule has 0 amide bonds. The zero-order chi connectivity index (χ0) is 18.2. The van der Waals surface area contributed by atoms with Crippen molar-refractivity contribution in [1.29, 1.82) is 0 Å². The summed E-state index contributed by atoms with van der Waals surface area (Å²) >= 11 is 0. The lowest BCUT2D eigenvalue weighted by molar-refractivity contribution is 0.321. The maximum absolute atomic E-state index is 14.5. The van der Waals surface area contributed by atoms with Crippen LogP contribution in [0.4, 0.5) is 4.39 Å². The third-order valence-corrected chi connectivity index (χ3v) is 5.15. The van der Waals surface area contributed by atoms with E-state index in [1.165, 1.54) is 19.3 Å². The lowest BCUT2D eigenvalue weighted by Crippen LogP contribution is -2.09. The van der Waals surface area contributed by atoms with Crippen LogP contribution in [0.15, 0.2) is 48.5 Å². The van der Waals surface area contributed by atoms with Crippen LogP contribution >= 0.6 is 0 Å². The maximum atomic E-state index is 14.5. The van der Waals surface area contributed by atoms with Gasteiger partial charge >= 0.3 is 0 Å². The van der Waals surface area contributed by atoms with Crippen LogP contribution in [-0.2, 0) is 6.42 Å². The van der Waals surface area contributed by atoms with Crippen LogP contribution in [0, 0.1) is 23.6 Å². The molecule has 0 aliphatic heterocycles. The van der Waals surface area contributed by atoms with Crippen molar-refractivity contribution < 1.29 is 4.39 Å². The molecule has 0 heterocycles. The van der Waals surface area contributed by atoms with Crippen LogP contribution in [0.3, 0.4) is 0 Å². The molecule has 2 aromatic carbocycles. The van der Waals surface area contributed by atoms with Crippen molar-refractivity contribution in [2.45, 2.75) is 59.8 Å². The summed E-state index contributed by atoms with van der Waals surface area (Å²) in [6.45, 7) is 9.26. The molecule has 2 unspecified atom stereocenters. The Hall–Kier alpha value is -1.63. The lowest BCUT2D eigenvalue weighted by atomic mass is 9.85. The van der Waals surface area contributed by atoms with Gasteiger partial charge in [0.25, 0.3) is 0 Å². The van der Waals surface area contributed by atoms with E-state index in [0.717, 1.165) is 41.7 Å². The summed E-state index contributed by atoms with van der Waals surface area (Å²) in [6, 6.07) is 15.5. The molecule has 0 bridgehead atoms. The third-order valence-electron chi connectivity index (χ3n) is 5.15. The molecule has 1 heteroatoms. The van der Waals surface area contributed by atoms with Gasteiger partial charge in [0.1, 0.15) is 5.82 Å². The first kappa shape index (κ1) is 19.7. The van der Waals surface area contributed by atoms with E-state index in [2.05, 4.69) is 33.8 Å². The first-order valence-corrected chi connectivity index (χ1v) is 9.83. The van der Waals surface area contributed by atoms with Crippen LogP contribution < -0.4 is 0 Å². The van der Waals surface area contributed by atoms with Gasteiger partial charge in [0.15, 0.2) is 0 Å². The summed E-state index contributed by atoms with van der Waals surface area (Å²) in [5, 5.41) is 0. The highest BCUT2D eigenvalue weighted by Crippen LogP contribution is 2.27. The number of hydrogen-bond donors (Lipinski definition) is 0. The fraction of sp³-hybridized carbons (Fsp3) is 0.500. The van der Waals surface area contributed by atoms with Crippen LogP contribution in [0.2, 0.25) is 0 Å². The Labute approximate surface area is 153 Å². The maximum Gasteiger partial charge on any atom is 0.131 e. The minimum atomic E-state index is -0.107. The van der Waals surface area contributed by atoms with E-state index >= 15 is 0 Å². The van der Waals surface area contributed by atoms with Gasteiger partial charge in [0.05, 0.1) is 0 Å². The standard InChI is InChI=1S/C24H33F/c1-5-20(16-19(4)15-18(2)3)11-12-21-13-14-23(24(25)17-21)22-9-7-6-8-10-22/h6-10,13-14,17-20H,5,11-12,15-16H2,1-4H3. The monoisotopic (exact) mass is 340 g/mol. The highest BCUT2D eigenvalue weighted by molar-refractivity contribution is 5.64. The molecule has 136 valence electrons. The highest BCUT2D eigenvalue weighted by atomic mass is 19.1. The molecule has 25 heavy (non-hydrogen) atoms. The van der Waals surface area contributed by atoms with Crippen molar-refractivity contribution in [3.8, 4) is 11.1 Å². The summed E-state index contributed by atoms with van der Waals surface area (Å²) in [7, 11) is 0. The molecule has 2 atom stereocenters. The number of halogens is 1. The van der Waals surface area contributed by atoms with Crippen molar-refractivity contribution in [1.82, 2.24) is 0 Å². The van der Waals surface area contributed by atoms with Crippen molar-refractivity contribution in [3.05, 3.63) is 59.9 Å². The first-order chi connectivity index (χ1) is 12.0. The Morgan fingerprint density at radius 2 is 1.64 bits per heavy atom. The van der Waals surface area contributed by atoms with Gasteiger partial charge < -0.3 is 0 Å². The molecule has 0 N–H and O–H groups in total. The largest absolute Gasteiger partial charge is 0.206 e. The molecule has 0 spiro atoms. The van der Waals surface area contributed by atoms with Gasteiger partial charge in [-0.05, 0) is 60.6 Å². The van der Waals surface area contributed by atoms with Gasteiger partial charge in [-0.1, -0.05) is 76.6 Å². The van der Waals surface area contributed by atoms with Crippen molar-refractivity contribution >= 4 is 0 Å². The second-order valence-electron chi connectivity index (χ2n) is 7.96. The zero-order valence-corrected chi connectivity index (χ0v) is 16.3. The molecule has 0 aliphatic rings. The average Bonchev–Trinajstić information content (AvgIpc) is 2.58. The van der Waals surface area contributed by atoms with E-state index in [-0.39, 0.29) is 5.82 Å². The van der Waals surface area contributed by atoms with E-state index in [1.807, 2.05) is 36.4 Å². The fourth-order valence-electron chi connectivity index (χ4n) is 3.90. The summed E-state index contributed by atoms with van der Waals surface area (Å²) in [4.78, 5) is 0. The van der Waals surface area contributed by atoms with E-state index in [0.29, 0.717) is 5.56 Å². The molecule has 2 aromatic rings. The Morgan fingerprint density at radius 1 is 0.920 bits per heavy atom. The van der Waals surface area contributed by atoms with E-state index in [4.69, 9.17) is 0 Å². The topological polar surface area (TPSA) is 0 Å². The number of rotatable bonds is 9. The third kappa shape index (κ3) is 6.30. The molecule has 0 nitrogen and oxygen atoms in total. The fourth-order valence-corrected chi connectivity index (χ4v) is 3.90. The average molecular weight is 341 g/mol. The predicted molar refractivity (Wildman–Crippen MR) is 107 cm³/mol. The minimum absolute atomic E-state index is 0.107. The quantitative estimate of drug-likeness (QED) is 0.442. The Balaban J connectivity index is 1.95. The number of hydrogen-bond acceptors (Lipinski definition) is 0. The number of benzene rings is 2. The van der Waals surface area contributed by atoms with Gasteiger partial charge in [-0.15, -0.1) is 0 Å². The molecule has 0 radical (unpaired) electrons. The van der Waals surface area contributed by atoms with Crippen LogP contribution in [0.5, 0.6) is 0 Å². The van der Waals surface area contributed by atoms with E-state index in [9.17, 15) is 4.39 Å². The SMILES string of the molecule is CCC(CCc1ccc(-c2ccccc2)c(F)c1)CC(C)CC(C)C. The molecule has 0 fully saturated rings. The Morgan fingerprint density at radius 3 is 2.24 bits per heavy atom. The molecule has 0 saturated heterocycles. The molecule has 0 aliphatic carbocycles. The van der Waals surface area contributed by atoms with Gasteiger partial charge in [0, 0.05) is 5.56 Å². The lowest BCUT2D eigenvalue weighted by Gasteiger charge is -2.21. The molecular weight excluding hydrogens is 307 g/mol. The van der Waals surface area contributed by atoms with Crippen LogP contribution in [-0.4, -0.2) is 0 Å². The van der Waals surface area contributed by atoms with Crippen molar-refractivity contribution in [3.63, 3.8) is 0 Å². The first-order valence-electron chi connectivity index (χ1n) is 9.83. The van der Waals surface area contributed by atoms with Crippen molar-refractivity contribution in [2.24, 2.45) is 17.8 Å². The van der Waals surface area contributed by atoms with Crippen molar-refractivity contribution in [2.75, 3.05) is 0 Å². The van der Waals surface area contributed by atoms with Crippen LogP contribution in [0.1, 0.15) is 58.9 Å². The molecule has 0 aromatic heterocycles. The predicted octanol–water partition coefficient (Wildman–Crippen LogP) is 7.52. The second kappa shape index (κ2) is 9.75. The van der Waals surface area contributed by atoms with Gasteiger partial charge in [-0.3, -0.25) is 0 Å². The zero-order valence-electron chi connectivity index (χ0n) is 16.3. The highest BCUT2D eigenvalue weighted by Gasteiger charge is 2.14. The summed E-state index contributed by atoms with van der Waals surface area (Å²) in [5.41, 5.74) is 2.76. The summed E-state index contributed by atoms with van der Waals surface area (Å²) in [5.74, 6) is 2.19. The van der Waals surface area contributed by atoms with Gasteiger partial charge in [0.2, 0.25) is 0 Å². The normalized spacial score (nSPS) is 13.8. The van der Waals surface area contributed by atoms with E-state index in [1.54, 1.807) is 6.07 Å². The smallest absolute Gasteiger partial charge is 0.131 e. The number of aryl methyl sites for hydroxylation is 1. The molecule has 2 rings (SSSR count). The Bertz CT molecular complexity index is 630. The summed E-state index contributed by atoms with van der Waals surface area (Å²) in [6.07, 6.45) is 5.94. The summed E-state index contributed by atoms with van der Waals surface area (Å²) < 4.78 is 14.5. The van der Waals surface area contributed by atoms with Gasteiger partial charge in [-0.2, -0.15) is 0 Å². The van der Waals surface area contributed by atoms with Crippen LogP contribution in [0.25, 0.3) is 11.1 Å². The van der Waals surface area contributed by atoms with Gasteiger partial charge in [-0.25, -0.2) is 4.39 Å². The van der Waals surface area contributed by atoms with E-state index < -0.39 is 0 Å². The molecular formula is C24H33F. The minimum Gasteiger partial charge on any atom is -0.206 e. The molecule has 0 saturated carbocycles. The second-order valence-corrected chi connectivity index (χ2v) is 7.96. The Kier molecular flexibility index (Phi) is 7.68.